The van der Waals surface area contributed by atoms with Gasteiger partial charge in [-0.3, -0.25) is 4.79 Å². The molecule has 0 aliphatic rings. The molecule has 0 aromatic heterocycles. The fraction of sp³-hybridized carbons (Fsp3) is 0.316. The van der Waals surface area contributed by atoms with Gasteiger partial charge in [-0.1, -0.05) is 37.3 Å². The zero-order valence-electron chi connectivity index (χ0n) is 15.6. The molecule has 10 heteroatoms. The van der Waals surface area contributed by atoms with Crippen LogP contribution in [0.2, 0.25) is 0 Å². The highest BCUT2D eigenvalue weighted by Gasteiger charge is 2.31. The molecule has 2 rings (SSSR count). The van der Waals surface area contributed by atoms with Crippen molar-refractivity contribution in [1.29, 1.82) is 0 Å². The van der Waals surface area contributed by atoms with Crippen LogP contribution in [-0.2, 0) is 14.8 Å². The minimum Gasteiger partial charge on any atom is -0.406 e. The van der Waals surface area contributed by atoms with Crippen molar-refractivity contribution < 1.29 is 31.1 Å². The van der Waals surface area contributed by atoms with Crippen molar-refractivity contribution in [1.82, 2.24) is 10.0 Å². The summed E-state index contributed by atoms with van der Waals surface area (Å²) in [6.07, 6.45) is -4.93. The number of alkyl halides is 3. The molecule has 0 saturated carbocycles. The molecule has 0 bridgehead atoms. The first-order valence-electron chi connectivity index (χ1n) is 8.74. The Kier molecular flexibility index (Phi) is 7.63. The second kappa shape index (κ2) is 9.75. The summed E-state index contributed by atoms with van der Waals surface area (Å²) in [6.45, 7) is 2.23. The maximum Gasteiger partial charge on any atom is 0.573 e. The summed E-state index contributed by atoms with van der Waals surface area (Å²) >= 11 is 0. The van der Waals surface area contributed by atoms with Crippen LogP contribution in [0.3, 0.4) is 0 Å². The van der Waals surface area contributed by atoms with Crippen molar-refractivity contribution in [3.63, 3.8) is 0 Å². The largest absolute Gasteiger partial charge is 0.573 e. The predicted octanol–water partition coefficient (Wildman–Crippen LogP) is 3.17. The smallest absolute Gasteiger partial charge is 0.406 e. The monoisotopic (exact) mass is 430 g/mol. The average molecular weight is 430 g/mol. The van der Waals surface area contributed by atoms with Gasteiger partial charge in [0.05, 0.1) is 4.90 Å². The molecule has 2 aromatic carbocycles. The maximum absolute atomic E-state index is 12.2. The van der Waals surface area contributed by atoms with Crippen LogP contribution in [0.15, 0.2) is 59.5 Å². The molecule has 2 aromatic rings. The molecule has 0 saturated heterocycles. The van der Waals surface area contributed by atoms with Gasteiger partial charge in [0.25, 0.3) is 0 Å². The molecule has 1 atom stereocenters. The third-order valence-electron chi connectivity index (χ3n) is 3.99. The van der Waals surface area contributed by atoms with Crippen LogP contribution in [-0.4, -0.2) is 33.8 Å². The Hall–Kier alpha value is -2.59. The summed E-state index contributed by atoms with van der Waals surface area (Å²) in [5, 5.41) is 2.74. The lowest BCUT2D eigenvalue weighted by atomic mass is 10.0. The van der Waals surface area contributed by atoms with Crippen LogP contribution >= 0.6 is 0 Å². The number of rotatable bonds is 9. The highest BCUT2D eigenvalue weighted by atomic mass is 32.2. The fourth-order valence-corrected chi connectivity index (χ4v) is 3.49. The van der Waals surface area contributed by atoms with E-state index in [-0.39, 0.29) is 29.7 Å². The first-order valence-corrected chi connectivity index (χ1v) is 10.2. The fourth-order valence-electron chi connectivity index (χ4n) is 2.46. The zero-order chi connectivity index (χ0) is 21.5. The second-order valence-electron chi connectivity index (χ2n) is 6.28. The van der Waals surface area contributed by atoms with Gasteiger partial charge in [-0.05, 0) is 35.7 Å². The van der Waals surface area contributed by atoms with Crippen molar-refractivity contribution in [2.24, 2.45) is 0 Å². The first-order chi connectivity index (χ1) is 13.6. The van der Waals surface area contributed by atoms with E-state index in [2.05, 4.69) is 14.8 Å². The third kappa shape index (κ3) is 7.74. The van der Waals surface area contributed by atoms with E-state index >= 15 is 0 Å². The summed E-state index contributed by atoms with van der Waals surface area (Å²) in [5.74, 6) is -0.734. The Morgan fingerprint density at radius 2 is 1.69 bits per heavy atom. The Morgan fingerprint density at radius 3 is 2.28 bits per heavy atom. The molecule has 1 amide bonds. The van der Waals surface area contributed by atoms with E-state index in [1.54, 1.807) is 0 Å². The number of halogens is 3. The summed E-state index contributed by atoms with van der Waals surface area (Å²) in [7, 11) is -3.96. The summed E-state index contributed by atoms with van der Waals surface area (Å²) in [4.78, 5) is 11.7. The van der Waals surface area contributed by atoms with Crippen LogP contribution in [0.25, 0.3) is 0 Å². The van der Waals surface area contributed by atoms with Crippen LogP contribution in [0, 0.1) is 0 Å². The van der Waals surface area contributed by atoms with E-state index in [9.17, 15) is 26.4 Å². The van der Waals surface area contributed by atoms with Crippen molar-refractivity contribution in [2.75, 3.05) is 13.1 Å². The van der Waals surface area contributed by atoms with Crippen molar-refractivity contribution >= 4 is 15.9 Å². The Bertz CT molecular complexity index is 901. The quantitative estimate of drug-likeness (QED) is 0.640. The lowest BCUT2D eigenvalue weighted by Crippen LogP contribution is -2.32. The van der Waals surface area contributed by atoms with E-state index in [0.717, 1.165) is 29.8 Å². The van der Waals surface area contributed by atoms with E-state index in [1.165, 1.54) is 0 Å². The minimum absolute atomic E-state index is 0.0734. The molecular formula is C19H21F3N2O4S. The Morgan fingerprint density at radius 1 is 1.07 bits per heavy atom. The molecule has 0 aliphatic heterocycles. The van der Waals surface area contributed by atoms with E-state index < -0.39 is 22.1 Å². The van der Waals surface area contributed by atoms with E-state index in [4.69, 9.17) is 0 Å². The molecule has 29 heavy (non-hydrogen) atoms. The van der Waals surface area contributed by atoms with E-state index in [0.29, 0.717) is 6.54 Å². The van der Waals surface area contributed by atoms with Gasteiger partial charge in [-0.2, -0.15) is 0 Å². The summed E-state index contributed by atoms with van der Waals surface area (Å²) < 4.78 is 66.7. The lowest BCUT2D eigenvalue weighted by molar-refractivity contribution is -0.274. The Labute approximate surface area is 167 Å². The number of carbonyl (C=O) groups excluding carboxylic acids is 1. The maximum atomic E-state index is 12.2. The molecule has 0 spiro atoms. The van der Waals surface area contributed by atoms with Gasteiger partial charge in [-0.25, -0.2) is 13.1 Å². The number of nitrogens with one attached hydrogen (secondary N) is 2. The molecular weight excluding hydrogens is 409 g/mol. The lowest BCUT2D eigenvalue weighted by Gasteiger charge is -2.13. The molecule has 0 fully saturated rings. The van der Waals surface area contributed by atoms with Gasteiger partial charge in [-0.15, -0.1) is 13.2 Å². The minimum atomic E-state index is -4.86. The molecule has 6 nitrogen and oxygen atoms in total. The predicted molar refractivity (Wildman–Crippen MR) is 101 cm³/mol. The highest BCUT2D eigenvalue weighted by molar-refractivity contribution is 7.89. The topological polar surface area (TPSA) is 84.5 Å². The van der Waals surface area contributed by atoms with Gasteiger partial charge >= 0.3 is 6.36 Å². The number of carbonyl (C=O) groups is 1. The van der Waals surface area contributed by atoms with Gasteiger partial charge in [0, 0.05) is 19.5 Å². The third-order valence-corrected chi connectivity index (χ3v) is 5.46. The van der Waals surface area contributed by atoms with Gasteiger partial charge in [0.15, 0.2) is 0 Å². The number of hydrogen-bond acceptors (Lipinski definition) is 4. The first kappa shape index (κ1) is 22.7. The average Bonchev–Trinajstić information content (AvgIpc) is 2.66. The summed E-state index contributed by atoms with van der Waals surface area (Å²) in [6, 6.07) is 13.4. The van der Waals surface area contributed by atoms with Gasteiger partial charge in [0.1, 0.15) is 5.75 Å². The zero-order valence-corrected chi connectivity index (χ0v) is 16.4. The number of amides is 1. The molecule has 0 radical (unpaired) electrons. The van der Waals surface area contributed by atoms with Gasteiger partial charge < -0.3 is 10.1 Å². The van der Waals surface area contributed by atoms with Crippen LogP contribution in [0.5, 0.6) is 5.75 Å². The van der Waals surface area contributed by atoms with E-state index in [1.807, 2.05) is 37.3 Å². The van der Waals surface area contributed by atoms with Crippen molar-refractivity contribution in [2.45, 2.75) is 30.5 Å². The SMILES string of the molecule is CC(CNC(=O)CCNS(=O)(=O)c1ccc(OC(F)(F)F)cc1)c1ccccc1. The highest BCUT2D eigenvalue weighted by Crippen LogP contribution is 2.23. The van der Waals surface area contributed by atoms with Crippen LogP contribution < -0.4 is 14.8 Å². The number of hydrogen-bond donors (Lipinski definition) is 2. The number of benzene rings is 2. The summed E-state index contributed by atoms with van der Waals surface area (Å²) in [5.41, 5.74) is 1.08. The number of sulfonamides is 1. The van der Waals surface area contributed by atoms with Crippen molar-refractivity contribution in [3.8, 4) is 5.75 Å². The molecule has 2 N–H and O–H groups in total. The molecule has 1 unspecified atom stereocenters. The van der Waals surface area contributed by atoms with Crippen LogP contribution in [0.1, 0.15) is 24.8 Å². The molecule has 0 aliphatic carbocycles. The van der Waals surface area contributed by atoms with Gasteiger partial charge in [0.2, 0.25) is 15.9 Å². The second-order valence-corrected chi connectivity index (χ2v) is 8.05. The molecule has 0 heterocycles. The van der Waals surface area contributed by atoms with Crippen molar-refractivity contribution in [3.05, 3.63) is 60.2 Å². The standard InChI is InChI=1S/C19H21F3N2O4S/c1-14(15-5-3-2-4-6-15)13-23-18(25)11-12-24-29(26,27)17-9-7-16(8-10-17)28-19(20,21)22/h2-10,14,24H,11-13H2,1H3,(H,23,25). The number of ether oxygens (including phenoxy) is 1. The Balaban J connectivity index is 1.79. The molecule has 158 valence electrons. The normalized spacial score (nSPS) is 13.0. The van der Waals surface area contributed by atoms with Crippen LogP contribution in [0.4, 0.5) is 13.2 Å².